The second-order valence-corrected chi connectivity index (χ2v) is 5.51. The summed E-state index contributed by atoms with van der Waals surface area (Å²) >= 11 is 6.13. The second kappa shape index (κ2) is 5.14. The van der Waals surface area contributed by atoms with Crippen LogP contribution in [-0.2, 0) is 0 Å². The van der Waals surface area contributed by atoms with E-state index in [4.69, 9.17) is 11.6 Å². The average molecular weight is 269 g/mol. The summed E-state index contributed by atoms with van der Waals surface area (Å²) in [6.45, 7) is 6.07. The Hall–Kier alpha value is -1.29. The molecule has 1 aromatic rings. The number of hydrogen-bond acceptors (Lipinski definition) is 3. The zero-order chi connectivity index (χ0) is 13.3. The lowest BCUT2D eigenvalue weighted by molar-refractivity contribution is -0.384. The van der Waals surface area contributed by atoms with Crippen LogP contribution in [-0.4, -0.2) is 18.0 Å². The lowest BCUT2D eigenvalue weighted by atomic mass is 9.95. The fourth-order valence-electron chi connectivity index (χ4n) is 2.50. The van der Waals surface area contributed by atoms with Crippen LogP contribution in [0.15, 0.2) is 18.2 Å². The minimum Gasteiger partial charge on any atom is -0.364 e. The van der Waals surface area contributed by atoms with E-state index in [9.17, 15) is 10.1 Å². The molecule has 0 bridgehead atoms. The molecule has 98 valence electrons. The second-order valence-electron chi connectivity index (χ2n) is 5.10. The van der Waals surface area contributed by atoms with E-state index in [0.717, 1.165) is 19.5 Å². The molecule has 1 aliphatic rings. The normalized spacial score (nSPS) is 19.6. The quantitative estimate of drug-likeness (QED) is 0.620. The van der Waals surface area contributed by atoms with E-state index in [1.165, 1.54) is 6.07 Å². The summed E-state index contributed by atoms with van der Waals surface area (Å²) in [5.41, 5.74) is 0.680. The first-order valence-corrected chi connectivity index (χ1v) is 6.56. The Morgan fingerprint density at radius 1 is 1.50 bits per heavy atom. The van der Waals surface area contributed by atoms with Crippen LogP contribution in [0.25, 0.3) is 0 Å². The molecule has 1 unspecified atom stereocenters. The third-order valence-electron chi connectivity index (χ3n) is 3.65. The van der Waals surface area contributed by atoms with Crippen molar-refractivity contribution in [2.75, 3.05) is 18.0 Å². The number of nitrogens with zero attached hydrogens (tertiary/aromatic N) is 2. The van der Waals surface area contributed by atoms with Crippen LogP contribution in [0.2, 0.25) is 5.02 Å². The lowest BCUT2D eigenvalue weighted by Gasteiger charge is -2.20. The number of halogens is 1. The molecule has 4 nitrogen and oxygen atoms in total. The molecule has 1 aliphatic heterocycles. The zero-order valence-electron chi connectivity index (χ0n) is 10.6. The van der Waals surface area contributed by atoms with Gasteiger partial charge in [0.1, 0.15) is 5.69 Å². The Bertz CT molecular complexity index is 462. The molecule has 0 aromatic heterocycles. The van der Waals surface area contributed by atoms with Crippen molar-refractivity contribution in [2.24, 2.45) is 11.8 Å². The van der Waals surface area contributed by atoms with Crippen LogP contribution >= 0.6 is 11.6 Å². The predicted octanol–water partition coefficient (Wildman–Crippen LogP) is 3.73. The minimum absolute atomic E-state index is 0.104. The molecule has 5 heteroatoms. The standard InChI is InChI=1S/C13H17ClN2O2/c1-9(2)10-6-7-15(8-10)13-11(14)4-3-5-12(13)16(17)18/h3-5,9-10H,6-8H2,1-2H3. The van der Waals surface area contributed by atoms with Crippen LogP contribution in [0.1, 0.15) is 20.3 Å². The van der Waals surface area contributed by atoms with Gasteiger partial charge in [-0.1, -0.05) is 31.5 Å². The fourth-order valence-corrected chi connectivity index (χ4v) is 2.79. The summed E-state index contributed by atoms with van der Waals surface area (Å²) in [5, 5.41) is 11.5. The molecule has 1 heterocycles. The smallest absolute Gasteiger partial charge is 0.294 e. The maximum atomic E-state index is 11.1. The maximum absolute atomic E-state index is 11.1. The van der Waals surface area contributed by atoms with Gasteiger partial charge >= 0.3 is 0 Å². The van der Waals surface area contributed by atoms with Gasteiger partial charge in [0.25, 0.3) is 5.69 Å². The van der Waals surface area contributed by atoms with Gasteiger partial charge in [0.05, 0.1) is 9.95 Å². The van der Waals surface area contributed by atoms with E-state index in [0.29, 0.717) is 22.5 Å². The van der Waals surface area contributed by atoms with Crippen LogP contribution in [0.4, 0.5) is 11.4 Å². The summed E-state index contributed by atoms with van der Waals surface area (Å²) in [5.74, 6) is 1.18. The van der Waals surface area contributed by atoms with E-state index in [1.54, 1.807) is 12.1 Å². The Labute approximate surface area is 112 Å². The van der Waals surface area contributed by atoms with Crippen LogP contribution in [0.5, 0.6) is 0 Å². The van der Waals surface area contributed by atoms with Gasteiger partial charge < -0.3 is 4.90 Å². The van der Waals surface area contributed by atoms with Crippen molar-refractivity contribution < 1.29 is 4.92 Å². The third kappa shape index (κ3) is 2.43. The van der Waals surface area contributed by atoms with Crippen LogP contribution in [0.3, 0.4) is 0 Å². The first-order valence-electron chi connectivity index (χ1n) is 6.18. The molecule has 0 spiro atoms. The Kier molecular flexibility index (Phi) is 3.76. The first-order chi connectivity index (χ1) is 8.50. The molecular weight excluding hydrogens is 252 g/mol. The van der Waals surface area contributed by atoms with Crippen molar-refractivity contribution in [1.82, 2.24) is 0 Å². The van der Waals surface area contributed by atoms with E-state index in [1.807, 2.05) is 4.90 Å². The van der Waals surface area contributed by atoms with E-state index in [2.05, 4.69) is 13.8 Å². The third-order valence-corrected chi connectivity index (χ3v) is 3.95. The number of nitro groups is 1. The molecule has 1 fully saturated rings. The van der Waals surface area contributed by atoms with Gasteiger partial charge in [-0.15, -0.1) is 0 Å². The van der Waals surface area contributed by atoms with Crippen molar-refractivity contribution in [3.8, 4) is 0 Å². The maximum Gasteiger partial charge on any atom is 0.294 e. The van der Waals surface area contributed by atoms with E-state index >= 15 is 0 Å². The van der Waals surface area contributed by atoms with E-state index in [-0.39, 0.29) is 10.6 Å². The molecular formula is C13H17ClN2O2. The van der Waals surface area contributed by atoms with Crippen molar-refractivity contribution in [3.05, 3.63) is 33.3 Å². The van der Waals surface area contributed by atoms with Crippen molar-refractivity contribution >= 4 is 23.0 Å². The summed E-state index contributed by atoms with van der Waals surface area (Å²) in [6, 6.07) is 4.86. The fraction of sp³-hybridized carbons (Fsp3) is 0.538. The molecule has 18 heavy (non-hydrogen) atoms. The van der Waals surface area contributed by atoms with Crippen LogP contribution in [0, 0.1) is 22.0 Å². The highest BCUT2D eigenvalue weighted by Crippen LogP contribution is 2.39. The Balaban J connectivity index is 2.32. The van der Waals surface area contributed by atoms with Crippen LogP contribution < -0.4 is 4.90 Å². The number of nitro benzene ring substituents is 1. The largest absolute Gasteiger partial charge is 0.364 e. The van der Waals surface area contributed by atoms with Gasteiger partial charge in [-0.25, -0.2) is 0 Å². The molecule has 0 saturated carbocycles. The number of benzene rings is 1. The molecule has 0 radical (unpaired) electrons. The molecule has 2 rings (SSSR count). The summed E-state index contributed by atoms with van der Waals surface area (Å²) < 4.78 is 0. The minimum atomic E-state index is -0.357. The van der Waals surface area contributed by atoms with Gasteiger partial charge in [-0.2, -0.15) is 0 Å². The van der Waals surface area contributed by atoms with Gasteiger partial charge in [0.2, 0.25) is 0 Å². The highest BCUT2D eigenvalue weighted by atomic mass is 35.5. The van der Waals surface area contributed by atoms with Gasteiger partial charge in [-0.05, 0) is 24.3 Å². The first kappa shape index (κ1) is 13.1. The molecule has 1 atom stereocenters. The van der Waals surface area contributed by atoms with Gasteiger partial charge in [0.15, 0.2) is 0 Å². The zero-order valence-corrected chi connectivity index (χ0v) is 11.4. The predicted molar refractivity (Wildman–Crippen MR) is 73.3 cm³/mol. The van der Waals surface area contributed by atoms with Gasteiger partial charge in [-0.3, -0.25) is 10.1 Å². The summed E-state index contributed by atoms with van der Waals surface area (Å²) in [4.78, 5) is 12.8. The summed E-state index contributed by atoms with van der Waals surface area (Å²) in [6.07, 6.45) is 1.07. The number of hydrogen-bond donors (Lipinski definition) is 0. The highest BCUT2D eigenvalue weighted by molar-refractivity contribution is 6.33. The van der Waals surface area contributed by atoms with Crippen molar-refractivity contribution in [1.29, 1.82) is 0 Å². The molecule has 1 aromatic carbocycles. The summed E-state index contributed by atoms with van der Waals surface area (Å²) in [7, 11) is 0. The topological polar surface area (TPSA) is 46.4 Å². The van der Waals surface area contributed by atoms with E-state index < -0.39 is 0 Å². The molecule has 1 saturated heterocycles. The van der Waals surface area contributed by atoms with Crippen molar-refractivity contribution in [3.63, 3.8) is 0 Å². The number of para-hydroxylation sites is 1. The van der Waals surface area contributed by atoms with Crippen molar-refractivity contribution in [2.45, 2.75) is 20.3 Å². The molecule has 0 amide bonds. The average Bonchev–Trinajstić information content (AvgIpc) is 2.77. The SMILES string of the molecule is CC(C)C1CCN(c2c(Cl)cccc2[N+](=O)[O-])C1. The molecule has 0 N–H and O–H groups in total. The lowest BCUT2D eigenvalue weighted by Crippen LogP contribution is -2.22. The number of anilines is 1. The Morgan fingerprint density at radius 3 is 2.78 bits per heavy atom. The Morgan fingerprint density at radius 2 is 2.22 bits per heavy atom. The monoisotopic (exact) mass is 268 g/mol. The highest BCUT2D eigenvalue weighted by Gasteiger charge is 2.30. The molecule has 0 aliphatic carbocycles. The number of rotatable bonds is 3. The van der Waals surface area contributed by atoms with Gasteiger partial charge in [0, 0.05) is 19.2 Å².